The molecular weight excluding hydrogens is 324 g/mol. The first-order valence-corrected chi connectivity index (χ1v) is 8.65. The predicted octanol–water partition coefficient (Wildman–Crippen LogP) is 3.73. The SMILES string of the molecule is c1ccc(-c2cn3c(n2)OC(Cn2ccnc2)(c2ccccc2)C3)cc1. The van der Waals surface area contributed by atoms with E-state index in [2.05, 4.69) is 44.6 Å². The van der Waals surface area contributed by atoms with Gasteiger partial charge in [-0.15, -0.1) is 0 Å². The van der Waals surface area contributed by atoms with E-state index in [-0.39, 0.29) is 0 Å². The lowest BCUT2D eigenvalue weighted by molar-refractivity contribution is 0.0654. The molecular formula is C21H18N4O. The number of ether oxygens (including phenoxy) is 1. The van der Waals surface area contributed by atoms with Crippen molar-refractivity contribution in [2.75, 3.05) is 0 Å². The molecule has 5 nitrogen and oxygen atoms in total. The standard InChI is InChI=1S/C21H18N4O/c1-3-7-17(8-4-1)19-13-25-15-21(26-20(25)23-19,14-24-12-11-22-16-24)18-9-5-2-6-10-18/h1-13,16H,14-15H2. The first-order chi connectivity index (χ1) is 12.8. The zero-order chi connectivity index (χ0) is 17.4. The minimum atomic E-state index is -0.487. The molecule has 3 heterocycles. The number of hydrogen-bond acceptors (Lipinski definition) is 3. The van der Waals surface area contributed by atoms with Gasteiger partial charge in [0.1, 0.15) is 0 Å². The van der Waals surface area contributed by atoms with Crippen LogP contribution in [0, 0.1) is 0 Å². The second-order valence-electron chi connectivity index (χ2n) is 6.60. The monoisotopic (exact) mass is 342 g/mol. The minimum absolute atomic E-state index is 0.487. The van der Waals surface area contributed by atoms with E-state index in [1.54, 1.807) is 6.20 Å². The van der Waals surface area contributed by atoms with E-state index in [0.29, 0.717) is 19.1 Å². The van der Waals surface area contributed by atoms with Crippen LogP contribution in [0.5, 0.6) is 6.01 Å². The summed E-state index contributed by atoms with van der Waals surface area (Å²) in [7, 11) is 0. The summed E-state index contributed by atoms with van der Waals surface area (Å²) in [5.74, 6) is 0. The second-order valence-corrected chi connectivity index (χ2v) is 6.60. The summed E-state index contributed by atoms with van der Waals surface area (Å²) in [6.07, 6.45) is 7.65. The third-order valence-corrected chi connectivity index (χ3v) is 4.82. The van der Waals surface area contributed by atoms with E-state index < -0.39 is 5.60 Å². The summed E-state index contributed by atoms with van der Waals surface area (Å²) >= 11 is 0. The fraction of sp³-hybridized carbons (Fsp3) is 0.143. The number of benzene rings is 2. The Labute approximate surface area is 151 Å². The molecule has 128 valence electrons. The molecule has 0 aliphatic carbocycles. The van der Waals surface area contributed by atoms with E-state index >= 15 is 0 Å². The number of rotatable bonds is 4. The topological polar surface area (TPSA) is 44.9 Å². The summed E-state index contributed by atoms with van der Waals surface area (Å²) in [4.78, 5) is 8.89. The van der Waals surface area contributed by atoms with E-state index in [9.17, 15) is 0 Å². The van der Waals surface area contributed by atoms with Crippen molar-refractivity contribution in [2.24, 2.45) is 0 Å². The Morgan fingerprint density at radius 1 is 1.00 bits per heavy atom. The highest BCUT2D eigenvalue weighted by atomic mass is 16.5. The van der Waals surface area contributed by atoms with Crippen molar-refractivity contribution in [2.45, 2.75) is 18.7 Å². The lowest BCUT2D eigenvalue weighted by Gasteiger charge is -2.28. The Morgan fingerprint density at radius 3 is 2.46 bits per heavy atom. The fourth-order valence-electron chi connectivity index (χ4n) is 3.56. The largest absolute Gasteiger partial charge is 0.449 e. The van der Waals surface area contributed by atoms with Crippen LogP contribution in [-0.2, 0) is 18.7 Å². The molecule has 0 saturated carbocycles. The van der Waals surface area contributed by atoms with Crippen LogP contribution < -0.4 is 4.74 Å². The lowest BCUT2D eigenvalue weighted by atomic mass is 9.93. The summed E-state index contributed by atoms with van der Waals surface area (Å²) in [5, 5.41) is 0. The summed E-state index contributed by atoms with van der Waals surface area (Å²) in [6.45, 7) is 1.39. The van der Waals surface area contributed by atoms with Gasteiger partial charge in [0, 0.05) is 24.2 Å². The van der Waals surface area contributed by atoms with Crippen molar-refractivity contribution >= 4 is 0 Å². The van der Waals surface area contributed by atoms with Gasteiger partial charge in [0.2, 0.25) is 0 Å². The maximum atomic E-state index is 6.46. The first kappa shape index (κ1) is 15.0. The van der Waals surface area contributed by atoms with Gasteiger partial charge in [-0.05, 0) is 5.56 Å². The van der Waals surface area contributed by atoms with Gasteiger partial charge in [0.05, 0.1) is 25.1 Å². The molecule has 4 aromatic rings. The Morgan fingerprint density at radius 2 is 1.77 bits per heavy atom. The number of nitrogens with zero attached hydrogens (tertiary/aromatic N) is 4. The molecule has 1 unspecified atom stereocenters. The molecule has 0 amide bonds. The highest BCUT2D eigenvalue weighted by Gasteiger charge is 2.42. The van der Waals surface area contributed by atoms with Crippen LogP contribution in [0.2, 0.25) is 0 Å². The summed E-state index contributed by atoms with van der Waals surface area (Å²) in [5.41, 5.74) is 2.68. The molecule has 1 atom stereocenters. The summed E-state index contributed by atoms with van der Waals surface area (Å²) in [6, 6.07) is 21.2. The Hall–Kier alpha value is -3.34. The van der Waals surface area contributed by atoms with Crippen molar-refractivity contribution in [3.05, 3.63) is 91.1 Å². The van der Waals surface area contributed by atoms with E-state index in [1.165, 1.54) is 0 Å². The van der Waals surface area contributed by atoms with Gasteiger partial charge >= 0.3 is 0 Å². The van der Waals surface area contributed by atoms with E-state index in [0.717, 1.165) is 16.8 Å². The maximum absolute atomic E-state index is 6.46. The molecule has 26 heavy (non-hydrogen) atoms. The molecule has 0 bridgehead atoms. The van der Waals surface area contributed by atoms with E-state index in [4.69, 9.17) is 9.72 Å². The summed E-state index contributed by atoms with van der Waals surface area (Å²) < 4.78 is 10.6. The lowest BCUT2D eigenvalue weighted by Crippen LogP contribution is -2.37. The highest BCUT2D eigenvalue weighted by molar-refractivity contribution is 5.59. The molecule has 0 N–H and O–H groups in total. The van der Waals surface area contributed by atoms with Crippen LogP contribution in [0.1, 0.15) is 5.56 Å². The van der Waals surface area contributed by atoms with Gasteiger partial charge in [-0.25, -0.2) is 4.98 Å². The normalized spacial score (nSPS) is 18.5. The van der Waals surface area contributed by atoms with Gasteiger partial charge < -0.3 is 9.30 Å². The van der Waals surface area contributed by atoms with Crippen molar-refractivity contribution in [3.8, 4) is 17.3 Å². The van der Waals surface area contributed by atoms with Crippen LogP contribution in [0.4, 0.5) is 0 Å². The van der Waals surface area contributed by atoms with E-state index in [1.807, 2.05) is 48.9 Å². The molecule has 5 heteroatoms. The van der Waals surface area contributed by atoms with Crippen LogP contribution in [-0.4, -0.2) is 19.1 Å². The molecule has 0 spiro atoms. The fourth-order valence-corrected chi connectivity index (χ4v) is 3.56. The highest BCUT2D eigenvalue weighted by Crippen LogP contribution is 2.39. The molecule has 1 aliphatic rings. The van der Waals surface area contributed by atoms with Crippen molar-refractivity contribution in [1.29, 1.82) is 0 Å². The van der Waals surface area contributed by atoms with Crippen molar-refractivity contribution in [3.63, 3.8) is 0 Å². The third kappa shape index (κ3) is 2.49. The average Bonchev–Trinajstić information content (AvgIpc) is 3.39. The molecule has 5 rings (SSSR count). The van der Waals surface area contributed by atoms with Gasteiger partial charge in [0.25, 0.3) is 6.01 Å². The van der Waals surface area contributed by atoms with Gasteiger partial charge in [0.15, 0.2) is 5.60 Å². The smallest absolute Gasteiger partial charge is 0.298 e. The molecule has 0 radical (unpaired) electrons. The molecule has 0 saturated heterocycles. The average molecular weight is 342 g/mol. The molecule has 0 fully saturated rings. The Balaban J connectivity index is 1.52. The van der Waals surface area contributed by atoms with Crippen LogP contribution in [0.3, 0.4) is 0 Å². The van der Waals surface area contributed by atoms with Gasteiger partial charge in [-0.3, -0.25) is 4.57 Å². The zero-order valence-electron chi connectivity index (χ0n) is 14.2. The number of fused-ring (bicyclic) bond motifs is 1. The molecule has 2 aromatic carbocycles. The predicted molar refractivity (Wildman–Crippen MR) is 98.6 cm³/mol. The van der Waals surface area contributed by atoms with Crippen LogP contribution >= 0.6 is 0 Å². The maximum Gasteiger partial charge on any atom is 0.298 e. The minimum Gasteiger partial charge on any atom is -0.449 e. The quantitative estimate of drug-likeness (QED) is 0.568. The Kier molecular flexibility index (Phi) is 3.38. The number of aromatic nitrogens is 4. The van der Waals surface area contributed by atoms with Crippen molar-refractivity contribution in [1.82, 2.24) is 19.1 Å². The zero-order valence-corrected chi connectivity index (χ0v) is 14.2. The number of imidazole rings is 2. The third-order valence-electron chi connectivity index (χ3n) is 4.82. The molecule has 1 aliphatic heterocycles. The Bertz CT molecular complexity index is 983. The number of hydrogen-bond donors (Lipinski definition) is 0. The van der Waals surface area contributed by atoms with Crippen molar-refractivity contribution < 1.29 is 4.74 Å². The van der Waals surface area contributed by atoms with Crippen LogP contribution in [0.15, 0.2) is 85.6 Å². The second kappa shape index (κ2) is 5.88. The van der Waals surface area contributed by atoms with Crippen LogP contribution in [0.25, 0.3) is 11.3 Å². The van der Waals surface area contributed by atoms with Gasteiger partial charge in [-0.2, -0.15) is 4.98 Å². The van der Waals surface area contributed by atoms with Gasteiger partial charge in [-0.1, -0.05) is 60.7 Å². The first-order valence-electron chi connectivity index (χ1n) is 8.65. The molecule has 2 aromatic heterocycles.